The topological polar surface area (TPSA) is 58.4 Å². The van der Waals surface area contributed by atoms with E-state index in [1.807, 2.05) is 6.07 Å². The van der Waals surface area contributed by atoms with Gasteiger partial charge < -0.3 is 16.0 Å². The van der Waals surface area contributed by atoms with E-state index in [9.17, 15) is 4.79 Å². The van der Waals surface area contributed by atoms with Crippen molar-refractivity contribution in [1.82, 2.24) is 5.32 Å². The highest BCUT2D eigenvalue weighted by molar-refractivity contribution is 7.18. The molecule has 2 aliphatic carbocycles. The molecule has 1 aromatic rings. The number of thiophene rings is 1. The van der Waals surface area contributed by atoms with E-state index in [4.69, 9.17) is 5.73 Å². The minimum absolute atomic E-state index is 0.0145. The standard InChI is InChI=1S/C15H21N3OS/c16-12-6-13(18-7-9-2-1-3-10(9)8-18)20-14(12)15(19)17-11-4-5-11/h6,9-11H,1-5,7-8,16H2,(H,17,19). The van der Waals surface area contributed by atoms with Crippen molar-refractivity contribution in [2.24, 2.45) is 11.8 Å². The minimum atomic E-state index is 0.0145. The molecule has 3 aliphatic rings. The van der Waals surface area contributed by atoms with Crippen LogP contribution in [-0.4, -0.2) is 25.0 Å². The summed E-state index contributed by atoms with van der Waals surface area (Å²) in [6.07, 6.45) is 6.36. The molecule has 0 aromatic carbocycles. The second-order valence-electron chi connectivity index (χ2n) is 6.47. The minimum Gasteiger partial charge on any atom is -0.397 e. The highest BCUT2D eigenvalue weighted by Gasteiger charge is 2.37. The molecular weight excluding hydrogens is 270 g/mol. The lowest BCUT2D eigenvalue weighted by Crippen LogP contribution is -2.25. The summed E-state index contributed by atoms with van der Waals surface area (Å²) in [5.41, 5.74) is 6.68. The van der Waals surface area contributed by atoms with Gasteiger partial charge in [0.25, 0.3) is 5.91 Å². The zero-order valence-electron chi connectivity index (χ0n) is 11.6. The SMILES string of the molecule is Nc1cc(N2CC3CCCC3C2)sc1C(=O)NC1CC1. The molecule has 2 heterocycles. The molecule has 1 amide bonds. The summed E-state index contributed by atoms with van der Waals surface area (Å²) in [5.74, 6) is 1.74. The van der Waals surface area contributed by atoms with Gasteiger partial charge in [-0.05, 0) is 43.6 Å². The Kier molecular flexibility index (Phi) is 2.91. The third-order valence-electron chi connectivity index (χ3n) is 4.90. The van der Waals surface area contributed by atoms with E-state index in [1.165, 1.54) is 24.3 Å². The van der Waals surface area contributed by atoms with Crippen LogP contribution in [0.3, 0.4) is 0 Å². The van der Waals surface area contributed by atoms with Gasteiger partial charge in [0, 0.05) is 19.1 Å². The molecule has 0 radical (unpaired) electrons. The predicted octanol–water partition coefficient (Wildman–Crippen LogP) is 2.46. The van der Waals surface area contributed by atoms with E-state index in [0.717, 1.165) is 37.8 Å². The van der Waals surface area contributed by atoms with Gasteiger partial charge >= 0.3 is 0 Å². The number of nitrogens with zero attached hydrogens (tertiary/aromatic N) is 1. The molecule has 1 saturated heterocycles. The monoisotopic (exact) mass is 291 g/mol. The van der Waals surface area contributed by atoms with Crippen molar-refractivity contribution in [3.8, 4) is 0 Å². The van der Waals surface area contributed by atoms with Crippen molar-refractivity contribution in [2.45, 2.75) is 38.1 Å². The summed E-state index contributed by atoms with van der Waals surface area (Å²) in [4.78, 5) is 15.3. The fourth-order valence-electron chi connectivity index (χ4n) is 3.62. The van der Waals surface area contributed by atoms with Crippen LogP contribution in [0.1, 0.15) is 41.8 Å². The second kappa shape index (κ2) is 4.65. The zero-order chi connectivity index (χ0) is 13.7. The Bertz CT molecular complexity index is 525. The Morgan fingerprint density at radius 2 is 1.95 bits per heavy atom. The summed E-state index contributed by atoms with van der Waals surface area (Å²) in [5, 5.41) is 4.21. The predicted molar refractivity (Wildman–Crippen MR) is 82.3 cm³/mol. The van der Waals surface area contributed by atoms with Crippen LogP contribution in [-0.2, 0) is 0 Å². The van der Waals surface area contributed by atoms with Gasteiger partial charge in [0.2, 0.25) is 0 Å². The van der Waals surface area contributed by atoms with Gasteiger partial charge in [0.15, 0.2) is 0 Å². The maximum absolute atomic E-state index is 12.1. The molecule has 108 valence electrons. The number of nitrogen functional groups attached to an aromatic ring is 1. The first-order valence-corrected chi connectivity index (χ1v) is 8.47. The summed E-state index contributed by atoms with van der Waals surface area (Å²) in [6, 6.07) is 2.38. The molecule has 1 aliphatic heterocycles. The smallest absolute Gasteiger partial charge is 0.263 e. The van der Waals surface area contributed by atoms with E-state index in [1.54, 1.807) is 11.3 Å². The van der Waals surface area contributed by atoms with Gasteiger partial charge in [0.1, 0.15) is 4.88 Å². The van der Waals surface area contributed by atoms with E-state index >= 15 is 0 Å². The zero-order valence-corrected chi connectivity index (χ0v) is 12.4. The van der Waals surface area contributed by atoms with Crippen LogP contribution in [0.2, 0.25) is 0 Å². The molecule has 4 nitrogen and oxygen atoms in total. The van der Waals surface area contributed by atoms with Gasteiger partial charge in [-0.1, -0.05) is 6.42 Å². The van der Waals surface area contributed by atoms with Crippen molar-refractivity contribution < 1.29 is 4.79 Å². The molecule has 4 rings (SSSR count). The summed E-state index contributed by atoms with van der Waals surface area (Å²) in [6.45, 7) is 2.29. The molecule has 0 spiro atoms. The molecule has 3 N–H and O–H groups in total. The third-order valence-corrected chi connectivity index (χ3v) is 6.11. The Hall–Kier alpha value is -1.23. The Labute approximate surface area is 123 Å². The number of amides is 1. The molecule has 3 fully saturated rings. The van der Waals surface area contributed by atoms with Crippen molar-refractivity contribution in [1.29, 1.82) is 0 Å². The quantitative estimate of drug-likeness (QED) is 0.899. The fourth-order valence-corrected chi connectivity index (χ4v) is 4.62. The van der Waals surface area contributed by atoms with Crippen LogP contribution in [0, 0.1) is 11.8 Å². The number of nitrogens with two attached hydrogens (primary N) is 1. The summed E-state index contributed by atoms with van der Waals surface area (Å²) < 4.78 is 0. The van der Waals surface area contributed by atoms with Crippen LogP contribution >= 0.6 is 11.3 Å². The van der Waals surface area contributed by atoms with Gasteiger partial charge in [-0.25, -0.2) is 0 Å². The van der Waals surface area contributed by atoms with Crippen molar-refractivity contribution in [3.05, 3.63) is 10.9 Å². The maximum Gasteiger partial charge on any atom is 0.263 e. The van der Waals surface area contributed by atoms with Gasteiger partial charge in [0.05, 0.1) is 10.7 Å². The first kappa shape index (κ1) is 12.5. The number of fused-ring (bicyclic) bond motifs is 1. The summed E-state index contributed by atoms with van der Waals surface area (Å²) in [7, 11) is 0. The van der Waals surface area contributed by atoms with Crippen molar-refractivity contribution in [2.75, 3.05) is 23.7 Å². The lowest BCUT2D eigenvalue weighted by Gasteiger charge is -2.16. The molecule has 2 unspecified atom stereocenters. The number of carbonyl (C=O) groups is 1. The van der Waals surface area contributed by atoms with Crippen LogP contribution in [0.15, 0.2) is 6.07 Å². The highest BCUT2D eigenvalue weighted by atomic mass is 32.1. The molecule has 20 heavy (non-hydrogen) atoms. The highest BCUT2D eigenvalue weighted by Crippen LogP contribution is 2.42. The van der Waals surface area contributed by atoms with Crippen LogP contribution in [0.4, 0.5) is 10.7 Å². The number of rotatable bonds is 3. The van der Waals surface area contributed by atoms with Gasteiger partial charge in [-0.15, -0.1) is 11.3 Å². The van der Waals surface area contributed by atoms with Crippen LogP contribution in [0.5, 0.6) is 0 Å². The number of nitrogens with one attached hydrogen (secondary N) is 1. The molecular formula is C15H21N3OS. The van der Waals surface area contributed by atoms with E-state index in [2.05, 4.69) is 10.2 Å². The fraction of sp³-hybridized carbons (Fsp3) is 0.667. The van der Waals surface area contributed by atoms with Crippen molar-refractivity contribution >= 4 is 27.9 Å². The summed E-state index contributed by atoms with van der Waals surface area (Å²) >= 11 is 1.56. The normalized spacial score (nSPS) is 28.7. The van der Waals surface area contributed by atoms with Crippen LogP contribution < -0.4 is 16.0 Å². The molecule has 2 atom stereocenters. The Morgan fingerprint density at radius 1 is 1.25 bits per heavy atom. The molecule has 1 aromatic heterocycles. The van der Waals surface area contributed by atoms with E-state index in [-0.39, 0.29) is 5.91 Å². The number of hydrogen-bond donors (Lipinski definition) is 2. The Morgan fingerprint density at radius 3 is 2.60 bits per heavy atom. The van der Waals surface area contributed by atoms with E-state index in [0.29, 0.717) is 16.6 Å². The van der Waals surface area contributed by atoms with E-state index < -0.39 is 0 Å². The first-order valence-electron chi connectivity index (χ1n) is 7.66. The Balaban J connectivity index is 1.50. The maximum atomic E-state index is 12.1. The number of carbonyl (C=O) groups excluding carboxylic acids is 1. The van der Waals surface area contributed by atoms with Crippen molar-refractivity contribution in [3.63, 3.8) is 0 Å². The lowest BCUT2D eigenvalue weighted by molar-refractivity contribution is 0.0956. The van der Waals surface area contributed by atoms with Gasteiger partial charge in [-0.2, -0.15) is 0 Å². The number of anilines is 2. The third kappa shape index (κ3) is 2.18. The average molecular weight is 291 g/mol. The second-order valence-corrected chi connectivity index (χ2v) is 7.50. The number of hydrogen-bond acceptors (Lipinski definition) is 4. The average Bonchev–Trinajstić information content (AvgIpc) is 2.84. The lowest BCUT2D eigenvalue weighted by atomic mass is 10.0. The van der Waals surface area contributed by atoms with Crippen LogP contribution in [0.25, 0.3) is 0 Å². The molecule has 5 heteroatoms. The molecule has 0 bridgehead atoms. The first-order chi connectivity index (χ1) is 9.70. The largest absolute Gasteiger partial charge is 0.397 e. The molecule has 2 saturated carbocycles. The van der Waals surface area contributed by atoms with Gasteiger partial charge in [-0.3, -0.25) is 4.79 Å².